The van der Waals surface area contributed by atoms with Crippen molar-refractivity contribution >= 4 is 35.4 Å². The highest BCUT2D eigenvalue weighted by Gasteiger charge is 2.26. The van der Waals surface area contributed by atoms with E-state index in [9.17, 15) is 14.7 Å². The number of hydrogen-bond acceptors (Lipinski definition) is 6. The molecule has 0 bridgehead atoms. The van der Waals surface area contributed by atoms with Gasteiger partial charge in [0.15, 0.2) is 11.5 Å². The fraction of sp³-hybridized carbons (Fsp3) is 0.200. The van der Waals surface area contributed by atoms with Gasteiger partial charge in [0.05, 0.1) is 30.3 Å². The lowest BCUT2D eigenvalue weighted by molar-refractivity contribution is -0.255. The molecule has 0 unspecified atom stereocenters. The Morgan fingerprint density at radius 2 is 2.00 bits per heavy atom. The van der Waals surface area contributed by atoms with Crippen LogP contribution in [0.2, 0.25) is 0 Å². The molecule has 2 aromatic carbocycles. The molecule has 1 heterocycles. The first-order chi connectivity index (χ1) is 12.9. The number of carbonyl (C=O) groups excluding carboxylic acids is 2. The zero-order chi connectivity index (χ0) is 19.6. The molecule has 1 amide bonds. The average Bonchev–Trinajstić information content (AvgIpc) is 2.66. The summed E-state index contributed by atoms with van der Waals surface area (Å²) >= 11 is 1.30. The summed E-state index contributed by atoms with van der Waals surface area (Å²) in [7, 11) is 3.18. The standard InChI is InChI=1S/C20H19NO5S/c1-4-26-15-7-5-12(9-16(15)25-3)10-18-19(22)21(2)14-11-13(20(23)24)6-8-17(14)27-18/h5-11H,4H2,1-3H3,(H,23,24)/p-1. The van der Waals surface area contributed by atoms with Crippen molar-refractivity contribution < 1.29 is 24.2 Å². The van der Waals surface area contributed by atoms with Crippen molar-refractivity contribution in [3.05, 3.63) is 52.4 Å². The molecule has 0 N–H and O–H groups in total. The largest absolute Gasteiger partial charge is 0.545 e. The lowest BCUT2D eigenvalue weighted by Crippen LogP contribution is -2.31. The van der Waals surface area contributed by atoms with Gasteiger partial charge in [-0.2, -0.15) is 0 Å². The monoisotopic (exact) mass is 384 g/mol. The second-order valence-corrected chi connectivity index (χ2v) is 6.87. The highest BCUT2D eigenvalue weighted by atomic mass is 32.2. The Morgan fingerprint density at radius 1 is 1.22 bits per heavy atom. The van der Waals surface area contributed by atoms with Crippen molar-refractivity contribution in [2.75, 3.05) is 25.7 Å². The summed E-state index contributed by atoms with van der Waals surface area (Å²) in [5.74, 6) is -0.254. The Morgan fingerprint density at radius 3 is 2.67 bits per heavy atom. The third-order valence-electron chi connectivity index (χ3n) is 4.08. The number of benzene rings is 2. The van der Waals surface area contributed by atoms with Gasteiger partial charge in [0.25, 0.3) is 5.91 Å². The number of amides is 1. The maximum atomic E-state index is 12.7. The van der Waals surface area contributed by atoms with Crippen molar-refractivity contribution in [2.45, 2.75) is 11.8 Å². The van der Waals surface area contributed by atoms with Gasteiger partial charge < -0.3 is 24.3 Å². The van der Waals surface area contributed by atoms with E-state index in [1.165, 1.54) is 28.8 Å². The van der Waals surface area contributed by atoms with E-state index in [2.05, 4.69) is 0 Å². The highest BCUT2D eigenvalue weighted by Crippen LogP contribution is 2.42. The molecular formula is C20H18NO5S-. The number of thioether (sulfide) groups is 1. The van der Waals surface area contributed by atoms with E-state index >= 15 is 0 Å². The SMILES string of the molecule is CCOc1ccc(C=C2Sc3ccc(C(=O)[O-])cc3N(C)C2=O)cc1OC. The number of aromatic carboxylic acids is 1. The summed E-state index contributed by atoms with van der Waals surface area (Å²) in [6, 6.07) is 10.1. The average molecular weight is 384 g/mol. The Balaban J connectivity index is 1.96. The zero-order valence-corrected chi connectivity index (χ0v) is 16.0. The van der Waals surface area contributed by atoms with E-state index in [0.717, 1.165) is 10.5 Å². The van der Waals surface area contributed by atoms with Crippen LogP contribution in [0.4, 0.5) is 5.69 Å². The van der Waals surface area contributed by atoms with E-state index in [1.54, 1.807) is 38.4 Å². The number of carbonyl (C=O) groups is 2. The maximum absolute atomic E-state index is 12.7. The summed E-state index contributed by atoms with van der Waals surface area (Å²) < 4.78 is 10.9. The normalized spacial score (nSPS) is 14.9. The van der Waals surface area contributed by atoms with Crippen molar-refractivity contribution in [3.63, 3.8) is 0 Å². The van der Waals surface area contributed by atoms with Gasteiger partial charge in [-0.25, -0.2) is 0 Å². The lowest BCUT2D eigenvalue weighted by atomic mass is 10.1. The molecule has 0 radical (unpaired) electrons. The first-order valence-electron chi connectivity index (χ1n) is 8.28. The van der Waals surface area contributed by atoms with Crippen molar-refractivity contribution in [2.24, 2.45) is 0 Å². The summed E-state index contributed by atoms with van der Waals surface area (Å²) in [4.78, 5) is 26.5. The molecule has 0 fully saturated rings. The Labute approximate surface area is 161 Å². The third kappa shape index (κ3) is 3.78. The first kappa shape index (κ1) is 18.8. The molecule has 0 saturated heterocycles. The Kier molecular flexibility index (Phi) is 5.41. The number of likely N-dealkylation sites (N-methyl/N-ethyl adjacent to an activating group) is 1. The molecule has 27 heavy (non-hydrogen) atoms. The molecule has 6 nitrogen and oxygen atoms in total. The van der Waals surface area contributed by atoms with E-state index in [4.69, 9.17) is 9.47 Å². The number of methoxy groups -OCH3 is 1. The maximum Gasteiger partial charge on any atom is 0.264 e. The summed E-state index contributed by atoms with van der Waals surface area (Å²) in [6.07, 6.45) is 1.78. The molecule has 0 aliphatic carbocycles. The van der Waals surface area contributed by atoms with Crippen LogP contribution >= 0.6 is 11.8 Å². The van der Waals surface area contributed by atoms with Crippen LogP contribution in [0.25, 0.3) is 6.08 Å². The lowest BCUT2D eigenvalue weighted by Gasteiger charge is -2.27. The quantitative estimate of drug-likeness (QED) is 0.738. The number of anilines is 1. The number of carboxylic acid groups (broad SMARTS) is 1. The van der Waals surface area contributed by atoms with Gasteiger partial charge in [0, 0.05) is 11.9 Å². The molecule has 1 aliphatic rings. The number of ether oxygens (including phenoxy) is 2. The first-order valence-corrected chi connectivity index (χ1v) is 9.10. The fourth-order valence-electron chi connectivity index (χ4n) is 2.72. The zero-order valence-electron chi connectivity index (χ0n) is 15.1. The molecule has 7 heteroatoms. The van der Waals surface area contributed by atoms with Crippen LogP contribution in [0.5, 0.6) is 11.5 Å². The van der Waals surface area contributed by atoms with Crippen molar-refractivity contribution in [3.8, 4) is 11.5 Å². The Bertz CT molecular complexity index is 938. The van der Waals surface area contributed by atoms with E-state index < -0.39 is 5.97 Å². The number of rotatable bonds is 5. The number of hydrogen-bond donors (Lipinski definition) is 0. The number of carboxylic acids is 1. The van der Waals surface area contributed by atoms with Crippen LogP contribution in [0.3, 0.4) is 0 Å². The third-order valence-corrected chi connectivity index (χ3v) is 5.15. The van der Waals surface area contributed by atoms with Gasteiger partial charge >= 0.3 is 0 Å². The molecular weight excluding hydrogens is 366 g/mol. The van der Waals surface area contributed by atoms with Gasteiger partial charge in [-0.05, 0) is 48.4 Å². The fourth-order valence-corrected chi connectivity index (χ4v) is 3.81. The van der Waals surface area contributed by atoms with Gasteiger partial charge in [-0.15, -0.1) is 0 Å². The topological polar surface area (TPSA) is 78.9 Å². The van der Waals surface area contributed by atoms with Gasteiger partial charge in [-0.3, -0.25) is 4.79 Å². The molecule has 0 atom stereocenters. The summed E-state index contributed by atoms with van der Waals surface area (Å²) in [6.45, 7) is 2.42. The van der Waals surface area contributed by atoms with Gasteiger partial charge in [0.1, 0.15) is 0 Å². The van der Waals surface area contributed by atoms with E-state index in [0.29, 0.717) is 28.7 Å². The van der Waals surface area contributed by atoms with Gasteiger partial charge in [0.2, 0.25) is 0 Å². The number of fused-ring (bicyclic) bond motifs is 1. The second kappa shape index (κ2) is 7.75. The minimum Gasteiger partial charge on any atom is -0.545 e. The highest BCUT2D eigenvalue weighted by molar-refractivity contribution is 8.04. The number of nitrogens with zero attached hydrogens (tertiary/aromatic N) is 1. The van der Waals surface area contributed by atoms with Crippen LogP contribution in [-0.4, -0.2) is 32.6 Å². The molecule has 3 rings (SSSR count). The predicted molar refractivity (Wildman–Crippen MR) is 102 cm³/mol. The molecule has 1 aliphatic heterocycles. The van der Waals surface area contributed by atoms with Crippen molar-refractivity contribution in [1.82, 2.24) is 0 Å². The van der Waals surface area contributed by atoms with E-state index in [1.807, 2.05) is 13.0 Å². The van der Waals surface area contributed by atoms with Crippen LogP contribution in [0.1, 0.15) is 22.8 Å². The van der Waals surface area contributed by atoms with Crippen molar-refractivity contribution in [1.29, 1.82) is 0 Å². The molecule has 140 valence electrons. The van der Waals surface area contributed by atoms with Gasteiger partial charge in [-0.1, -0.05) is 23.9 Å². The molecule has 0 aromatic heterocycles. The minimum atomic E-state index is -1.27. The molecule has 0 saturated carbocycles. The molecule has 2 aromatic rings. The smallest absolute Gasteiger partial charge is 0.264 e. The summed E-state index contributed by atoms with van der Waals surface area (Å²) in [5.41, 5.74) is 1.39. The predicted octanol–water partition coefficient (Wildman–Crippen LogP) is 2.57. The second-order valence-electron chi connectivity index (χ2n) is 5.79. The van der Waals surface area contributed by atoms with Crippen LogP contribution < -0.4 is 19.5 Å². The molecule has 0 spiro atoms. The van der Waals surface area contributed by atoms with Crippen LogP contribution in [-0.2, 0) is 4.79 Å². The van der Waals surface area contributed by atoms with Crippen LogP contribution in [0.15, 0.2) is 46.2 Å². The minimum absolute atomic E-state index is 0.0395. The van der Waals surface area contributed by atoms with E-state index in [-0.39, 0.29) is 11.5 Å². The van der Waals surface area contributed by atoms with Crippen LogP contribution in [0, 0.1) is 0 Å². The summed E-state index contributed by atoms with van der Waals surface area (Å²) in [5, 5.41) is 11.1. The Hall–Kier alpha value is -2.93.